The number of carbonyl (C=O) groups is 1. The predicted molar refractivity (Wildman–Crippen MR) is 122 cm³/mol. The van der Waals surface area contributed by atoms with Crippen molar-refractivity contribution in [2.45, 2.75) is 39.5 Å². The van der Waals surface area contributed by atoms with Crippen molar-refractivity contribution in [1.82, 2.24) is 9.88 Å². The average molecular weight is 494 g/mol. The van der Waals surface area contributed by atoms with Gasteiger partial charge in [0.1, 0.15) is 17.4 Å². The minimum atomic E-state index is 0.00705. The number of ether oxygens (including phenoxy) is 1. The first-order chi connectivity index (χ1) is 14.0. The Balaban J connectivity index is 1.68. The molecule has 0 fully saturated rings. The Morgan fingerprint density at radius 3 is 2.72 bits per heavy atom. The standard InChI is InChI=1S/C22H22BrClN2O2S/c1-3-15(2)26(22(27)16-5-4-6-17(23)11-16)12-19-14-29-21(25-19)13-28-20-9-7-18(24)8-10-20/h4-11,14-15H,3,12-13H2,1-2H3. The van der Waals surface area contributed by atoms with E-state index < -0.39 is 0 Å². The minimum absolute atomic E-state index is 0.00705. The van der Waals surface area contributed by atoms with E-state index in [-0.39, 0.29) is 11.9 Å². The molecule has 1 unspecified atom stereocenters. The van der Waals surface area contributed by atoms with Crippen molar-refractivity contribution < 1.29 is 9.53 Å². The molecule has 0 saturated carbocycles. The largest absolute Gasteiger partial charge is 0.486 e. The highest BCUT2D eigenvalue weighted by molar-refractivity contribution is 9.10. The van der Waals surface area contributed by atoms with Gasteiger partial charge in [0.15, 0.2) is 0 Å². The monoisotopic (exact) mass is 492 g/mol. The number of benzene rings is 2. The fourth-order valence-electron chi connectivity index (χ4n) is 2.77. The van der Waals surface area contributed by atoms with E-state index in [4.69, 9.17) is 16.3 Å². The molecule has 7 heteroatoms. The van der Waals surface area contributed by atoms with E-state index in [1.54, 1.807) is 12.1 Å². The number of carbonyl (C=O) groups excluding carboxylic acids is 1. The highest BCUT2D eigenvalue weighted by atomic mass is 79.9. The topological polar surface area (TPSA) is 42.4 Å². The number of hydrogen-bond acceptors (Lipinski definition) is 4. The molecule has 0 N–H and O–H groups in total. The highest BCUT2D eigenvalue weighted by Crippen LogP contribution is 2.21. The number of amides is 1. The third kappa shape index (κ3) is 6.04. The summed E-state index contributed by atoms with van der Waals surface area (Å²) in [6, 6.07) is 14.8. The molecule has 0 aliphatic rings. The number of halogens is 2. The van der Waals surface area contributed by atoms with Gasteiger partial charge in [0.2, 0.25) is 0 Å². The van der Waals surface area contributed by atoms with Gasteiger partial charge in [-0.1, -0.05) is 40.5 Å². The van der Waals surface area contributed by atoms with Crippen molar-refractivity contribution in [3.63, 3.8) is 0 Å². The number of nitrogens with zero attached hydrogens (tertiary/aromatic N) is 2. The van der Waals surface area contributed by atoms with Crippen LogP contribution in [0.5, 0.6) is 5.75 Å². The molecule has 1 amide bonds. The van der Waals surface area contributed by atoms with Crippen LogP contribution in [0, 0.1) is 0 Å². The Kier molecular flexibility index (Phi) is 7.70. The van der Waals surface area contributed by atoms with Gasteiger partial charge in [-0.25, -0.2) is 4.98 Å². The van der Waals surface area contributed by atoms with E-state index >= 15 is 0 Å². The summed E-state index contributed by atoms with van der Waals surface area (Å²) in [4.78, 5) is 19.6. The van der Waals surface area contributed by atoms with E-state index in [9.17, 15) is 4.79 Å². The second kappa shape index (κ2) is 10.2. The molecular formula is C22H22BrClN2O2S. The molecule has 3 rings (SSSR count). The smallest absolute Gasteiger partial charge is 0.254 e. The molecule has 3 aromatic rings. The van der Waals surface area contributed by atoms with Crippen LogP contribution in [0.3, 0.4) is 0 Å². The third-order valence-electron chi connectivity index (χ3n) is 4.56. The summed E-state index contributed by atoms with van der Waals surface area (Å²) in [5.74, 6) is 0.754. The molecule has 152 valence electrons. The van der Waals surface area contributed by atoms with Crippen molar-refractivity contribution in [2.75, 3.05) is 0 Å². The first-order valence-electron chi connectivity index (χ1n) is 9.34. The van der Waals surface area contributed by atoms with E-state index in [1.165, 1.54) is 11.3 Å². The van der Waals surface area contributed by atoms with Crippen LogP contribution in [0.15, 0.2) is 58.4 Å². The van der Waals surface area contributed by atoms with Crippen LogP contribution in [0.25, 0.3) is 0 Å². The molecule has 4 nitrogen and oxygen atoms in total. The molecular weight excluding hydrogens is 472 g/mol. The van der Waals surface area contributed by atoms with E-state index in [0.29, 0.717) is 23.7 Å². The van der Waals surface area contributed by atoms with E-state index in [1.807, 2.05) is 46.7 Å². The lowest BCUT2D eigenvalue weighted by atomic mass is 10.1. The van der Waals surface area contributed by atoms with E-state index in [2.05, 4.69) is 34.8 Å². The summed E-state index contributed by atoms with van der Waals surface area (Å²) in [7, 11) is 0. The molecule has 2 aromatic carbocycles. The maximum Gasteiger partial charge on any atom is 0.254 e. The maximum absolute atomic E-state index is 13.1. The summed E-state index contributed by atoms with van der Waals surface area (Å²) in [6.45, 7) is 5.00. The average Bonchev–Trinajstić information content (AvgIpc) is 3.18. The molecule has 0 radical (unpaired) electrons. The second-order valence-electron chi connectivity index (χ2n) is 6.68. The number of hydrogen-bond donors (Lipinski definition) is 0. The molecule has 0 saturated heterocycles. The fraction of sp³-hybridized carbons (Fsp3) is 0.273. The van der Waals surface area contributed by atoms with Crippen LogP contribution in [0.1, 0.15) is 41.3 Å². The Bertz CT molecular complexity index is 961. The molecule has 0 aliphatic heterocycles. The van der Waals surface area contributed by atoms with Gasteiger partial charge in [0, 0.05) is 26.5 Å². The van der Waals surface area contributed by atoms with E-state index in [0.717, 1.165) is 27.3 Å². The van der Waals surface area contributed by atoms with Crippen molar-refractivity contribution >= 4 is 44.8 Å². The normalized spacial score (nSPS) is 11.9. The molecule has 0 bridgehead atoms. The third-order valence-corrected chi connectivity index (χ3v) is 6.18. The summed E-state index contributed by atoms with van der Waals surface area (Å²) in [5.41, 5.74) is 1.54. The minimum Gasteiger partial charge on any atom is -0.486 e. The first-order valence-corrected chi connectivity index (χ1v) is 11.4. The SMILES string of the molecule is CCC(C)N(Cc1csc(COc2ccc(Cl)cc2)n1)C(=O)c1cccc(Br)c1. The summed E-state index contributed by atoms with van der Waals surface area (Å²) in [6.07, 6.45) is 0.871. The van der Waals surface area contributed by atoms with Gasteiger partial charge in [-0.3, -0.25) is 4.79 Å². The quantitative estimate of drug-likeness (QED) is 0.356. The van der Waals surface area contributed by atoms with Crippen molar-refractivity contribution in [1.29, 1.82) is 0 Å². The van der Waals surface area contributed by atoms with Crippen molar-refractivity contribution in [3.8, 4) is 5.75 Å². The van der Waals surface area contributed by atoms with Crippen molar-refractivity contribution in [3.05, 3.63) is 79.7 Å². The lowest BCUT2D eigenvalue weighted by molar-refractivity contribution is 0.0669. The highest BCUT2D eigenvalue weighted by Gasteiger charge is 2.22. The van der Waals surface area contributed by atoms with Crippen LogP contribution in [-0.4, -0.2) is 21.8 Å². The summed E-state index contributed by atoms with van der Waals surface area (Å²) < 4.78 is 6.66. The van der Waals surface area contributed by atoms with Gasteiger partial charge in [-0.15, -0.1) is 11.3 Å². The van der Waals surface area contributed by atoms with Gasteiger partial charge in [0.25, 0.3) is 5.91 Å². The Morgan fingerprint density at radius 1 is 1.28 bits per heavy atom. The van der Waals surface area contributed by atoms with Gasteiger partial charge in [-0.2, -0.15) is 0 Å². The number of rotatable bonds is 8. The van der Waals surface area contributed by atoms with Crippen LogP contribution < -0.4 is 4.74 Å². The van der Waals surface area contributed by atoms with Crippen LogP contribution in [0.4, 0.5) is 0 Å². The molecule has 29 heavy (non-hydrogen) atoms. The molecule has 1 heterocycles. The van der Waals surface area contributed by atoms with Crippen LogP contribution >= 0.6 is 38.9 Å². The van der Waals surface area contributed by atoms with Gasteiger partial charge >= 0.3 is 0 Å². The number of thiazole rings is 1. The predicted octanol–water partition coefficient (Wildman–Crippen LogP) is 6.58. The van der Waals surface area contributed by atoms with Crippen LogP contribution in [-0.2, 0) is 13.2 Å². The second-order valence-corrected chi connectivity index (χ2v) is 8.97. The maximum atomic E-state index is 13.1. The number of aromatic nitrogens is 1. The Morgan fingerprint density at radius 2 is 2.03 bits per heavy atom. The zero-order valence-corrected chi connectivity index (χ0v) is 19.4. The lowest BCUT2D eigenvalue weighted by Gasteiger charge is -2.28. The van der Waals surface area contributed by atoms with Gasteiger partial charge in [0.05, 0.1) is 12.2 Å². The molecule has 1 atom stereocenters. The summed E-state index contributed by atoms with van der Waals surface area (Å²) >= 11 is 10.9. The molecule has 0 spiro atoms. The zero-order valence-electron chi connectivity index (χ0n) is 16.3. The van der Waals surface area contributed by atoms with Crippen molar-refractivity contribution in [2.24, 2.45) is 0 Å². The zero-order chi connectivity index (χ0) is 20.8. The summed E-state index contributed by atoms with van der Waals surface area (Å²) in [5, 5.41) is 3.53. The Labute approximate surface area is 188 Å². The first kappa shape index (κ1) is 21.8. The lowest BCUT2D eigenvalue weighted by Crippen LogP contribution is -2.37. The fourth-order valence-corrected chi connectivity index (χ4v) is 4.00. The van der Waals surface area contributed by atoms with Gasteiger partial charge in [-0.05, 0) is 55.8 Å². The molecule has 1 aromatic heterocycles. The molecule has 0 aliphatic carbocycles. The Hall–Kier alpha value is -1.89. The van der Waals surface area contributed by atoms with Gasteiger partial charge < -0.3 is 9.64 Å². The van der Waals surface area contributed by atoms with Crippen LogP contribution in [0.2, 0.25) is 5.02 Å².